The van der Waals surface area contributed by atoms with Crippen LogP contribution in [-0.2, 0) is 22.4 Å². The Hall–Kier alpha value is -3.45. The molecule has 2 heterocycles. The van der Waals surface area contributed by atoms with Crippen LogP contribution in [0.5, 0.6) is 5.75 Å². The normalized spacial score (nSPS) is 19.1. The molecule has 0 radical (unpaired) electrons. The Morgan fingerprint density at radius 3 is 2.60 bits per heavy atom. The summed E-state index contributed by atoms with van der Waals surface area (Å²) >= 11 is 1.61. The Balaban J connectivity index is 1.33. The van der Waals surface area contributed by atoms with Gasteiger partial charge in [0.1, 0.15) is 5.75 Å². The van der Waals surface area contributed by atoms with E-state index in [2.05, 4.69) is 12.0 Å². The van der Waals surface area contributed by atoms with Gasteiger partial charge in [0.05, 0.1) is 24.4 Å². The lowest BCUT2D eigenvalue weighted by atomic mass is 9.88. The SMILES string of the molecule is COc1ccc([C@@H]2CC(c3ccccc3)=NN2C(=O)COC(=O)c2csc3c2CC[C@@H](C)C3)cc1. The predicted octanol–water partition coefficient (Wildman–Crippen LogP) is 5.42. The largest absolute Gasteiger partial charge is 0.497 e. The first kappa shape index (κ1) is 23.3. The van der Waals surface area contributed by atoms with E-state index in [0.29, 0.717) is 17.9 Å². The van der Waals surface area contributed by atoms with Crippen molar-refractivity contribution in [3.63, 3.8) is 0 Å². The lowest BCUT2D eigenvalue weighted by molar-refractivity contribution is -0.136. The minimum Gasteiger partial charge on any atom is -0.497 e. The number of hydrogen-bond donors (Lipinski definition) is 0. The van der Waals surface area contributed by atoms with Crippen molar-refractivity contribution >= 4 is 28.9 Å². The molecule has 2 aromatic carbocycles. The smallest absolute Gasteiger partial charge is 0.339 e. The Labute approximate surface area is 209 Å². The van der Waals surface area contributed by atoms with Gasteiger partial charge in [-0.25, -0.2) is 9.80 Å². The molecule has 0 saturated heterocycles. The number of fused-ring (bicyclic) bond motifs is 1. The summed E-state index contributed by atoms with van der Waals surface area (Å²) in [4.78, 5) is 27.4. The fourth-order valence-corrected chi connectivity index (χ4v) is 5.98. The summed E-state index contributed by atoms with van der Waals surface area (Å²) in [5.41, 5.74) is 4.43. The van der Waals surface area contributed by atoms with Crippen LogP contribution < -0.4 is 4.74 Å². The second-order valence-corrected chi connectivity index (χ2v) is 10.1. The average Bonchev–Trinajstić information content (AvgIpc) is 3.52. The Kier molecular flexibility index (Phi) is 6.68. The Morgan fingerprint density at radius 2 is 1.86 bits per heavy atom. The zero-order valence-corrected chi connectivity index (χ0v) is 20.7. The zero-order valence-electron chi connectivity index (χ0n) is 19.9. The van der Waals surface area contributed by atoms with E-state index in [4.69, 9.17) is 9.47 Å². The number of esters is 1. The van der Waals surface area contributed by atoms with Gasteiger partial charge in [-0.1, -0.05) is 49.4 Å². The van der Waals surface area contributed by atoms with Crippen molar-refractivity contribution in [3.8, 4) is 5.75 Å². The van der Waals surface area contributed by atoms with Crippen LogP contribution in [-0.4, -0.2) is 36.3 Å². The summed E-state index contributed by atoms with van der Waals surface area (Å²) in [7, 11) is 1.62. The fraction of sp³-hybridized carbons (Fsp3) is 0.321. The monoisotopic (exact) mass is 488 g/mol. The maximum absolute atomic E-state index is 13.3. The third kappa shape index (κ3) is 4.86. The number of benzene rings is 2. The summed E-state index contributed by atoms with van der Waals surface area (Å²) in [5.74, 6) is 0.602. The van der Waals surface area contributed by atoms with Crippen molar-refractivity contribution in [2.75, 3.05) is 13.7 Å². The molecule has 0 bridgehead atoms. The number of thiophene rings is 1. The maximum atomic E-state index is 13.3. The first-order chi connectivity index (χ1) is 17.0. The van der Waals surface area contributed by atoms with Crippen LogP contribution in [0.4, 0.5) is 0 Å². The van der Waals surface area contributed by atoms with Gasteiger partial charge in [-0.2, -0.15) is 5.10 Å². The molecule has 1 amide bonds. The molecule has 0 saturated carbocycles. The molecule has 1 aromatic heterocycles. The average molecular weight is 489 g/mol. The first-order valence-electron chi connectivity index (χ1n) is 11.9. The van der Waals surface area contributed by atoms with Gasteiger partial charge in [0.15, 0.2) is 6.61 Å². The molecule has 0 unspecified atom stereocenters. The zero-order chi connectivity index (χ0) is 24.4. The van der Waals surface area contributed by atoms with E-state index in [1.807, 2.05) is 60.0 Å². The number of amides is 1. The first-order valence-corrected chi connectivity index (χ1v) is 12.8. The number of hydrazone groups is 1. The molecule has 2 aliphatic rings. The number of carbonyl (C=O) groups excluding carboxylic acids is 2. The van der Waals surface area contributed by atoms with Crippen LogP contribution in [0.3, 0.4) is 0 Å². The highest BCUT2D eigenvalue weighted by atomic mass is 32.1. The predicted molar refractivity (Wildman–Crippen MR) is 136 cm³/mol. The van der Waals surface area contributed by atoms with E-state index in [-0.39, 0.29) is 18.6 Å². The van der Waals surface area contributed by atoms with Gasteiger partial charge in [0.2, 0.25) is 0 Å². The van der Waals surface area contributed by atoms with Gasteiger partial charge >= 0.3 is 5.97 Å². The van der Waals surface area contributed by atoms with Crippen molar-refractivity contribution in [3.05, 3.63) is 87.1 Å². The molecule has 2 atom stereocenters. The van der Waals surface area contributed by atoms with Crippen molar-refractivity contribution in [2.45, 2.75) is 38.6 Å². The minimum absolute atomic E-state index is 0.280. The molecular weight excluding hydrogens is 460 g/mol. The molecule has 0 N–H and O–H groups in total. The van der Waals surface area contributed by atoms with Gasteiger partial charge in [0, 0.05) is 16.7 Å². The number of nitrogens with zero attached hydrogens (tertiary/aromatic N) is 2. The molecule has 7 heteroatoms. The van der Waals surface area contributed by atoms with Crippen LogP contribution in [0.2, 0.25) is 0 Å². The molecule has 3 aromatic rings. The summed E-state index contributed by atoms with van der Waals surface area (Å²) < 4.78 is 10.8. The molecule has 35 heavy (non-hydrogen) atoms. The summed E-state index contributed by atoms with van der Waals surface area (Å²) in [6, 6.07) is 17.2. The standard InChI is InChI=1S/C28H28N2O4S/c1-18-8-13-22-23(17-35-26(22)14-18)28(32)34-16-27(31)30-25(20-9-11-21(33-2)12-10-20)15-24(29-30)19-6-4-3-5-7-19/h3-7,9-12,17-18,25H,8,13-16H2,1-2H3/t18-,25+/m1/s1. The summed E-state index contributed by atoms with van der Waals surface area (Å²) in [6.07, 6.45) is 3.53. The number of ether oxygens (including phenoxy) is 2. The highest BCUT2D eigenvalue weighted by Gasteiger charge is 2.34. The van der Waals surface area contributed by atoms with Crippen LogP contribution in [0, 0.1) is 5.92 Å². The van der Waals surface area contributed by atoms with Crippen molar-refractivity contribution in [2.24, 2.45) is 11.0 Å². The van der Waals surface area contributed by atoms with Gasteiger partial charge in [-0.15, -0.1) is 11.3 Å². The number of methoxy groups -OCH3 is 1. The van der Waals surface area contributed by atoms with Gasteiger partial charge < -0.3 is 9.47 Å². The highest BCUT2D eigenvalue weighted by molar-refractivity contribution is 7.10. The minimum atomic E-state index is -0.433. The lowest BCUT2D eigenvalue weighted by Gasteiger charge is -2.22. The van der Waals surface area contributed by atoms with Gasteiger partial charge in [-0.05, 0) is 54.0 Å². The summed E-state index contributed by atoms with van der Waals surface area (Å²) in [6.45, 7) is 1.89. The van der Waals surface area contributed by atoms with Crippen molar-refractivity contribution in [1.29, 1.82) is 0 Å². The maximum Gasteiger partial charge on any atom is 0.339 e. The molecule has 180 valence electrons. The Bertz CT molecular complexity index is 1250. The molecular formula is C28H28N2O4S. The molecule has 0 fully saturated rings. The molecule has 0 spiro atoms. The van der Waals surface area contributed by atoms with E-state index >= 15 is 0 Å². The van der Waals surface area contributed by atoms with E-state index in [9.17, 15) is 9.59 Å². The highest BCUT2D eigenvalue weighted by Crippen LogP contribution is 2.35. The second kappa shape index (κ2) is 10.0. The topological polar surface area (TPSA) is 68.2 Å². The molecule has 6 nitrogen and oxygen atoms in total. The fourth-order valence-electron chi connectivity index (χ4n) is 4.75. The van der Waals surface area contributed by atoms with Gasteiger partial charge in [0.25, 0.3) is 5.91 Å². The molecule has 5 rings (SSSR count). The van der Waals surface area contributed by atoms with Crippen molar-refractivity contribution in [1.82, 2.24) is 5.01 Å². The number of carbonyl (C=O) groups is 2. The third-order valence-corrected chi connectivity index (χ3v) is 7.77. The van der Waals surface area contributed by atoms with Crippen LogP contribution >= 0.6 is 11.3 Å². The summed E-state index contributed by atoms with van der Waals surface area (Å²) in [5, 5.41) is 7.99. The van der Waals surface area contributed by atoms with Crippen LogP contribution in [0.25, 0.3) is 0 Å². The number of hydrogen-bond acceptors (Lipinski definition) is 6. The molecule has 1 aliphatic heterocycles. The Morgan fingerprint density at radius 1 is 1.09 bits per heavy atom. The van der Waals surface area contributed by atoms with E-state index in [1.165, 1.54) is 9.89 Å². The van der Waals surface area contributed by atoms with E-state index in [0.717, 1.165) is 47.4 Å². The number of rotatable bonds is 6. The molecule has 1 aliphatic carbocycles. The van der Waals surface area contributed by atoms with E-state index in [1.54, 1.807) is 18.4 Å². The third-order valence-electron chi connectivity index (χ3n) is 6.72. The van der Waals surface area contributed by atoms with E-state index < -0.39 is 5.97 Å². The van der Waals surface area contributed by atoms with Crippen LogP contribution in [0.1, 0.15) is 57.7 Å². The lowest BCUT2D eigenvalue weighted by Crippen LogP contribution is -2.31. The second-order valence-electron chi connectivity index (χ2n) is 9.12. The van der Waals surface area contributed by atoms with Crippen molar-refractivity contribution < 1.29 is 19.1 Å². The van der Waals surface area contributed by atoms with Crippen LogP contribution in [0.15, 0.2) is 65.1 Å². The van der Waals surface area contributed by atoms with Gasteiger partial charge in [-0.3, -0.25) is 4.79 Å². The quantitative estimate of drug-likeness (QED) is 0.435.